The number of hydrogen-bond acceptors (Lipinski definition) is 5. The highest BCUT2D eigenvalue weighted by Crippen LogP contribution is 2.24. The Labute approximate surface area is 151 Å². The number of benzene rings is 1. The molecule has 0 saturated carbocycles. The van der Waals surface area contributed by atoms with Crippen LogP contribution in [0.25, 0.3) is 11.3 Å². The average molecular weight is 370 g/mol. The van der Waals surface area contributed by atoms with Crippen molar-refractivity contribution in [3.63, 3.8) is 0 Å². The van der Waals surface area contributed by atoms with Gasteiger partial charge in [-0.1, -0.05) is 25.1 Å². The lowest BCUT2D eigenvalue weighted by molar-refractivity contribution is 0.579. The number of aryl methyl sites for hydroxylation is 1. The molecule has 1 aromatic carbocycles. The summed E-state index contributed by atoms with van der Waals surface area (Å²) >= 11 is 0. The lowest BCUT2D eigenvalue weighted by atomic mass is 10.1. The number of rotatable bonds is 6. The maximum Gasteiger partial charge on any atom is 0.264 e. The van der Waals surface area contributed by atoms with Crippen molar-refractivity contribution in [1.82, 2.24) is 19.9 Å². The topological polar surface area (TPSA) is 105 Å². The minimum Gasteiger partial charge on any atom is -0.268 e. The molecule has 134 valence electrons. The van der Waals surface area contributed by atoms with Crippen LogP contribution in [-0.4, -0.2) is 23.6 Å². The number of aromatic nitrogens is 3. The van der Waals surface area contributed by atoms with E-state index in [0.717, 1.165) is 0 Å². The zero-order chi connectivity index (χ0) is 18.6. The quantitative estimate of drug-likeness (QED) is 0.689. The molecule has 0 atom stereocenters. The van der Waals surface area contributed by atoms with Gasteiger partial charge in [0.15, 0.2) is 0 Å². The van der Waals surface area contributed by atoms with Crippen LogP contribution in [0.3, 0.4) is 0 Å². The van der Waals surface area contributed by atoms with Crippen LogP contribution in [0.5, 0.6) is 0 Å². The van der Waals surface area contributed by atoms with Crippen LogP contribution in [0.1, 0.15) is 18.2 Å². The standard InChI is InChI=1S/C18H18N4O3S/c1-2-13-6-7-14(16-8-9-18(23)22-21-16)11-17(13)26(24,25)20-12-15-5-3-4-10-19-15/h3-11,20H,2,12H2,1H3,(H,22,23). The van der Waals surface area contributed by atoms with Gasteiger partial charge in [-0.15, -0.1) is 0 Å². The molecule has 0 fully saturated rings. The van der Waals surface area contributed by atoms with Gasteiger partial charge < -0.3 is 0 Å². The van der Waals surface area contributed by atoms with Crippen molar-refractivity contribution < 1.29 is 8.42 Å². The Morgan fingerprint density at radius 3 is 2.62 bits per heavy atom. The van der Waals surface area contributed by atoms with Gasteiger partial charge in [-0.3, -0.25) is 9.78 Å². The SMILES string of the molecule is CCc1ccc(-c2ccc(=O)[nH]n2)cc1S(=O)(=O)NCc1ccccn1. The van der Waals surface area contributed by atoms with Gasteiger partial charge in [0.1, 0.15) is 0 Å². The molecule has 0 amide bonds. The van der Waals surface area contributed by atoms with E-state index in [1.54, 1.807) is 48.7 Å². The normalized spacial score (nSPS) is 11.4. The van der Waals surface area contributed by atoms with Gasteiger partial charge in [-0.25, -0.2) is 18.2 Å². The van der Waals surface area contributed by atoms with E-state index < -0.39 is 10.0 Å². The summed E-state index contributed by atoms with van der Waals surface area (Å²) in [5.74, 6) is 0. The fourth-order valence-corrected chi connectivity index (χ4v) is 3.84. The third-order valence-electron chi connectivity index (χ3n) is 3.88. The summed E-state index contributed by atoms with van der Waals surface area (Å²) in [6, 6.07) is 13.4. The molecule has 0 bridgehead atoms. The van der Waals surface area contributed by atoms with Crippen LogP contribution in [-0.2, 0) is 23.0 Å². The van der Waals surface area contributed by atoms with Crippen LogP contribution in [0.4, 0.5) is 0 Å². The minimum absolute atomic E-state index is 0.105. The maximum absolute atomic E-state index is 12.8. The summed E-state index contributed by atoms with van der Waals surface area (Å²) in [7, 11) is -3.73. The van der Waals surface area contributed by atoms with E-state index >= 15 is 0 Å². The number of nitrogens with one attached hydrogen (secondary N) is 2. The molecule has 0 aliphatic rings. The van der Waals surface area contributed by atoms with E-state index in [-0.39, 0.29) is 17.0 Å². The molecular weight excluding hydrogens is 352 g/mol. The highest BCUT2D eigenvalue weighted by atomic mass is 32.2. The van der Waals surface area contributed by atoms with E-state index in [4.69, 9.17) is 0 Å². The summed E-state index contributed by atoms with van der Waals surface area (Å²) < 4.78 is 28.2. The van der Waals surface area contributed by atoms with Crippen molar-refractivity contribution in [3.05, 3.63) is 76.3 Å². The molecule has 8 heteroatoms. The molecule has 0 aliphatic carbocycles. The summed E-state index contributed by atoms with van der Waals surface area (Å²) in [4.78, 5) is 15.5. The van der Waals surface area contributed by atoms with Gasteiger partial charge in [0.05, 0.1) is 22.8 Å². The van der Waals surface area contributed by atoms with Crippen molar-refractivity contribution in [1.29, 1.82) is 0 Å². The molecular formula is C18H18N4O3S. The molecule has 2 aromatic heterocycles. The molecule has 2 N–H and O–H groups in total. The summed E-state index contributed by atoms with van der Waals surface area (Å²) in [5.41, 5.74) is 2.12. The second-order valence-electron chi connectivity index (χ2n) is 5.63. The van der Waals surface area contributed by atoms with Gasteiger partial charge in [-0.2, -0.15) is 5.10 Å². The van der Waals surface area contributed by atoms with Crippen LogP contribution in [0.2, 0.25) is 0 Å². The Balaban J connectivity index is 1.95. The van der Waals surface area contributed by atoms with Crippen molar-refractivity contribution in [2.45, 2.75) is 24.8 Å². The Morgan fingerprint density at radius 2 is 1.96 bits per heavy atom. The second kappa shape index (κ2) is 7.59. The highest BCUT2D eigenvalue weighted by molar-refractivity contribution is 7.89. The zero-order valence-corrected chi connectivity index (χ0v) is 15.0. The molecule has 7 nitrogen and oxygen atoms in total. The smallest absolute Gasteiger partial charge is 0.264 e. The highest BCUT2D eigenvalue weighted by Gasteiger charge is 2.19. The zero-order valence-electron chi connectivity index (χ0n) is 14.1. The Bertz CT molecular complexity index is 1040. The molecule has 0 saturated heterocycles. The van der Waals surface area contributed by atoms with E-state index in [1.165, 1.54) is 6.07 Å². The number of H-pyrrole nitrogens is 1. The van der Waals surface area contributed by atoms with Crippen molar-refractivity contribution in [2.75, 3.05) is 0 Å². The van der Waals surface area contributed by atoms with Crippen LogP contribution >= 0.6 is 0 Å². The van der Waals surface area contributed by atoms with E-state index in [1.807, 2.05) is 6.92 Å². The minimum atomic E-state index is -3.73. The van der Waals surface area contributed by atoms with Crippen molar-refractivity contribution >= 4 is 10.0 Å². The fraction of sp³-hybridized carbons (Fsp3) is 0.167. The number of pyridine rings is 1. The molecule has 0 radical (unpaired) electrons. The molecule has 0 spiro atoms. The van der Waals surface area contributed by atoms with Gasteiger partial charge in [-0.05, 0) is 36.2 Å². The lowest BCUT2D eigenvalue weighted by Gasteiger charge is -2.12. The third-order valence-corrected chi connectivity index (χ3v) is 5.37. The number of aromatic amines is 1. The largest absolute Gasteiger partial charge is 0.268 e. The predicted molar refractivity (Wildman–Crippen MR) is 97.9 cm³/mol. The summed E-state index contributed by atoms with van der Waals surface area (Å²) in [5, 5.41) is 6.31. The van der Waals surface area contributed by atoms with Crippen LogP contribution in [0, 0.1) is 0 Å². The molecule has 3 aromatic rings. The van der Waals surface area contributed by atoms with Crippen LogP contribution < -0.4 is 10.3 Å². The predicted octanol–water partition coefficient (Wildman–Crippen LogP) is 1.87. The van der Waals surface area contributed by atoms with Crippen LogP contribution in [0.15, 0.2) is 64.4 Å². The maximum atomic E-state index is 12.8. The first-order chi connectivity index (χ1) is 12.5. The third kappa shape index (κ3) is 4.04. The Hall–Kier alpha value is -2.84. The Kier molecular flexibility index (Phi) is 5.24. The van der Waals surface area contributed by atoms with Crippen molar-refractivity contribution in [3.8, 4) is 11.3 Å². The van der Waals surface area contributed by atoms with E-state index in [9.17, 15) is 13.2 Å². The fourth-order valence-electron chi connectivity index (χ4n) is 2.51. The molecule has 0 unspecified atom stereocenters. The summed E-state index contributed by atoms with van der Waals surface area (Å²) in [6.07, 6.45) is 2.18. The first-order valence-corrected chi connectivity index (χ1v) is 9.56. The van der Waals surface area contributed by atoms with E-state index in [2.05, 4.69) is 19.9 Å². The number of nitrogens with zero attached hydrogens (tertiary/aromatic N) is 2. The second-order valence-corrected chi connectivity index (χ2v) is 7.36. The average Bonchev–Trinajstić information content (AvgIpc) is 2.67. The molecule has 2 heterocycles. The summed E-state index contributed by atoms with van der Waals surface area (Å²) in [6.45, 7) is 2.00. The monoisotopic (exact) mass is 370 g/mol. The molecule has 26 heavy (non-hydrogen) atoms. The van der Waals surface area contributed by atoms with E-state index in [0.29, 0.717) is 28.9 Å². The van der Waals surface area contributed by atoms with Gasteiger partial charge in [0.2, 0.25) is 10.0 Å². The number of sulfonamides is 1. The van der Waals surface area contributed by atoms with Gasteiger partial charge in [0, 0.05) is 17.8 Å². The lowest BCUT2D eigenvalue weighted by Crippen LogP contribution is -2.24. The van der Waals surface area contributed by atoms with Gasteiger partial charge >= 0.3 is 0 Å². The first kappa shape index (κ1) is 18.0. The van der Waals surface area contributed by atoms with Crippen molar-refractivity contribution in [2.24, 2.45) is 0 Å². The molecule has 0 aliphatic heterocycles. The first-order valence-electron chi connectivity index (χ1n) is 8.08. The molecule has 3 rings (SSSR count). The van der Waals surface area contributed by atoms with Gasteiger partial charge in [0.25, 0.3) is 5.56 Å². The number of hydrogen-bond donors (Lipinski definition) is 2. The Morgan fingerprint density at radius 1 is 1.12 bits per heavy atom.